The van der Waals surface area contributed by atoms with Crippen LogP contribution in [0.2, 0.25) is 0 Å². The minimum absolute atomic E-state index is 0.160. The SMILES string of the molecule is Cc1cc(C)c2c(c1)C=C(C(C)(C)C)[N+]2(Cc1ccc(Br)cc1)C(=O)O. The van der Waals surface area contributed by atoms with Crippen molar-refractivity contribution in [2.24, 2.45) is 5.41 Å². The molecule has 0 bridgehead atoms. The van der Waals surface area contributed by atoms with Crippen molar-refractivity contribution in [3.63, 3.8) is 0 Å². The Labute approximate surface area is 163 Å². The molecular weight excluding hydrogens is 390 g/mol. The molecule has 1 heterocycles. The first-order valence-corrected chi connectivity index (χ1v) is 9.55. The molecule has 3 nitrogen and oxygen atoms in total. The van der Waals surface area contributed by atoms with Crippen LogP contribution in [0.25, 0.3) is 6.08 Å². The first-order chi connectivity index (χ1) is 12.1. The highest BCUT2D eigenvalue weighted by molar-refractivity contribution is 9.10. The summed E-state index contributed by atoms with van der Waals surface area (Å²) >= 11 is 3.46. The van der Waals surface area contributed by atoms with Gasteiger partial charge in [0.25, 0.3) is 0 Å². The van der Waals surface area contributed by atoms with Gasteiger partial charge in [-0.3, -0.25) is 0 Å². The van der Waals surface area contributed by atoms with E-state index in [0.717, 1.165) is 38.1 Å². The number of hydrogen-bond acceptors (Lipinski definition) is 1. The van der Waals surface area contributed by atoms with E-state index in [1.165, 1.54) is 0 Å². The Morgan fingerprint density at radius 1 is 1.12 bits per heavy atom. The number of quaternary nitrogens is 1. The van der Waals surface area contributed by atoms with Crippen molar-refractivity contribution < 1.29 is 9.90 Å². The molecule has 26 heavy (non-hydrogen) atoms. The summed E-state index contributed by atoms with van der Waals surface area (Å²) in [5.41, 5.74) is 5.72. The van der Waals surface area contributed by atoms with E-state index in [1.54, 1.807) is 0 Å². The molecule has 2 aromatic carbocycles. The molecule has 0 aliphatic carbocycles. The van der Waals surface area contributed by atoms with Crippen molar-refractivity contribution in [3.05, 3.63) is 68.8 Å². The molecule has 1 amide bonds. The maximum Gasteiger partial charge on any atom is 0.524 e. The predicted octanol–water partition coefficient (Wildman–Crippen LogP) is 6.65. The number of amides is 1. The summed E-state index contributed by atoms with van der Waals surface area (Å²) in [6.45, 7) is 10.7. The van der Waals surface area contributed by atoms with Crippen molar-refractivity contribution >= 4 is 33.8 Å². The van der Waals surface area contributed by atoms with E-state index >= 15 is 0 Å². The molecule has 4 heteroatoms. The summed E-state index contributed by atoms with van der Waals surface area (Å²) in [7, 11) is 0. The third-order valence-electron chi connectivity index (χ3n) is 4.99. The molecular formula is C22H25BrNO2+. The molecule has 1 aliphatic heterocycles. The van der Waals surface area contributed by atoms with Crippen LogP contribution in [0.5, 0.6) is 0 Å². The summed E-state index contributed by atoms with van der Waals surface area (Å²) in [4.78, 5) is 12.8. The molecule has 3 rings (SSSR count). The van der Waals surface area contributed by atoms with Crippen LogP contribution in [-0.2, 0) is 6.54 Å². The molecule has 0 aromatic heterocycles. The van der Waals surface area contributed by atoms with E-state index in [2.05, 4.69) is 61.8 Å². The lowest BCUT2D eigenvalue weighted by Gasteiger charge is -2.37. The second-order valence-electron chi connectivity index (χ2n) is 8.18. The quantitative estimate of drug-likeness (QED) is 0.558. The molecule has 0 radical (unpaired) electrons. The first kappa shape index (κ1) is 18.9. The van der Waals surface area contributed by atoms with Gasteiger partial charge in [-0.15, -0.1) is 0 Å². The molecule has 2 aromatic rings. The number of benzene rings is 2. The zero-order valence-corrected chi connectivity index (χ0v) is 17.5. The highest BCUT2D eigenvalue weighted by Crippen LogP contribution is 2.50. The topological polar surface area (TPSA) is 37.3 Å². The van der Waals surface area contributed by atoms with Crippen molar-refractivity contribution in [2.75, 3.05) is 0 Å². The first-order valence-electron chi connectivity index (χ1n) is 8.76. The minimum Gasteiger partial charge on any atom is -0.435 e. The van der Waals surface area contributed by atoms with Crippen LogP contribution in [-0.4, -0.2) is 11.2 Å². The average molecular weight is 415 g/mol. The van der Waals surface area contributed by atoms with Gasteiger partial charge in [-0.1, -0.05) is 54.9 Å². The van der Waals surface area contributed by atoms with Gasteiger partial charge in [0.05, 0.1) is 0 Å². The second kappa shape index (κ2) is 6.36. The fourth-order valence-corrected chi connectivity index (χ4v) is 4.35. The average Bonchev–Trinajstić information content (AvgIpc) is 2.85. The number of carbonyl (C=O) groups is 1. The summed E-state index contributed by atoms with van der Waals surface area (Å²) in [5.74, 6) is 0. The van der Waals surface area contributed by atoms with Crippen LogP contribution >= 0.6 is 15.9 Å². The Morgan fingerprint density at radius 3 is 2.27 bits per heavy atom. The number of nitrogens with zero attached hydrogens (tertiary/aromatic N) is 1. The van der Waals surface area contributed by atoms with Gasteiger partial charge < -0.3 is 5.11 Å². The lowest BCUT2D eigenvalue weighted by Crippen LogP contribution is -2.53. The standard InChI is InChI=1S/C22H24BrNO2/c1-14-10-15(2)20-17(11-14)12-19(22(3,4)5)24(20,21(25)26)13-16-6-8-18(23)9-7-16/h6-12H,13H2,1-5H3/p+1. The van der Waals surface area contributed by atoms with Gasteiger partial charge in [-0.05, 0) is 37.6 Å². The Hall–Kier alpha value is -1.91. The number of rotatable bonds is 2. The number of hydrogen-bond donors (Lipinski definition) is 1. The zero-order valence-electron chi connectivity index (χ0n) is 15.9. The van der Waals surface area contributed by atoms with Gasteiger partial charge in [-0.25, -0.2) is 0 Å². The van der Waals surface area contributed by atoms with E-state index < -0.39 is 6.09 Å². The minimum atomic E-state index is -0.834. The van der Waals surface area contributed by atoms with Gasteiger partial charge in [0.2, 0.25) is 0 Å². The van der Waals surface area contributed by atoms with Gasteiger partial charge in [0, 0.05) is 32.7 Å². The molecule has 1 N–H and O–H groups in total. The van der Waals surface area contributed by atoms with E-state index in [4.69, 9.17) is 0 Å². The number of aryl methyl sites for hydroxylation is 2. The third-order valence-corrected chi connectivity index (χ3v) is 5.52. The number of allylic oxidation sites excluding steroid dienone is 1. The number of fused-ring (bicyclic) bond motifs is 1. The Kier molecular flexibility index (Phi) is 4.62. The maximum atomic E-state index is 12.8. The Morgan fingerprint density at radius 2 is 1.73 bits per heavy atom. The van der Waals surface area contributed by atoms with Crippen molar-refractivity contribution in [3.8, 4) is 0 Å². The van der Waals surface area contributed by atoms with Gasteiger partial charge in [-0.2, -0.15) is 9.28 Å². The fourth-order valence-electron chi connectivity index (χ4n) is 4.09. The predicted molar refractivity (Wildman–Crippen MR) is 111 cm³/mol. The molecule has 0 fully saturated rings. The van der Waals surface area contributed by atoms with E-state index in [-0.39, 0.29) is 9.90 Å². The normalized spacial score (nSPS) is 19.2. The Balaban J connectivity index is 2.29. The molecule has 1 unspecified atom stereocenters. The Bertz CT molecular complexity index is 907. The van der Waals surface area contributed by atoms with Crippen LogP contribution in [0.3, 0.4) is 0 Å². The van der Waals surface area contributed by atoms with Crippen LogP contribution in [0.15, 0.2) is 46.6 Å². The molecule has 0 saturated heterocycles. The van der Waals surface area contributed by atoms with Crippen molar-refractivity contribution in [1.82, 2.24) is 4.48 Å². The fraction of sp³-hybridized carbons (Fsp3) is 0.318. The van der Waals surface area contributed by atoms with Gasteiger partial charge in [0.1, 0.15) is 12.2 Å². The monoisotopic (exact) mass is 414 g/mol. The summed E-state index contributed by atoms with van der Waals surface area (Å²) in [6.07, 6.45) is 1.25. The number of carboxylic acid groups (broad SMARTS) is 1. The lowest BCUT2D eigenvalue weighted by atomic mass is 9.89. The lowest BCUT2D eigenvalue weighted by molar-refractivity contribution is 0.148. The second-order valence-corrected chi connectivity index (χ2v) is 9.09. The third kappa shape index (κ3) is 3.01. The molecule has 136 valence electrons. The largest absolute Gasteiger partial charge is 0.524 e. The van der Waals surface area contributed by atoms with Crippen molar-refractivity contribution in [1.29, 1.82) is 0 Å². The summed E-state index contributed by atoms with van der Waals surface area (Å²) in [5, 5.41) is 10.5. The van der Waals surface area contributed by atoms with Gasteiger partial charge in [0.15, 0.2) is 5.69 Å². The zero-order chi connectivity index (χ0) is 19.3. The summed E-state index contributed by atoms with van der Waals surface area (Å²) in [6, 6.07) is 12.1. The molecule has 0 spiro atoms. The maximum absolute atomic E-state index is 12.8. The molecule has 0 saturated carbocycles. The number of halogens is 1. The van der Waals surface area contributed by atoms with Crippen LogP contribution in [0.4, 0.5) is 10.5 Å². The van der Waals surface area contributed by atoms with Crippen LogP contribution in [0.1, 0.15) is 43.0 Å². The van der Waals surface area contributed by atoms with Crippen LogP contribution < -0.4 is 4.48 Å². The van der Waals surface area contributed by atoms with E-state index in [9.17, 15) is 9.90 Å². The highest BCUT2D eigenvalue weighted by Gasteiger charge is 2.53. The summed E-state index contributed by atoms with van der Waals surface area (Å²) < 4.78 is 0.829. The van der Waals surface area contributed by atoms with E-state index in [0.29, 0.717) is 6.54 Å². The van der Waals surface area contributed by atoms with Gasteiger partial charge >= 0.3 is 6.09 Å². The van der Waals surface area contributed by atoms with E-state index in [1.807, 2.05) is 31.2 Å². The van der Waals surface area contributed by atoms with Crippen LogP contribution in [0, 0.1) is 19.3 Å². The highest BCUT2D eigenvalue weighted by atomic mass is 79.9. The molecule has 1 atom stereocenters. The molecule has 1 aliphatic rings. The van der Waals surface area contributed by atoms with Crippen molar-refractivity contribution in [2.45, 2.75) is 41.2 Å². The smallest absolute Gasteiger partial charge is 0.435 e.